The molecule has 1 aromatic carbocycles. The Morgan fingerprint density at radius 3 is 2.56 bits per heavy atom. The molecule has 9 nitrogen and oxygen atoms in total. The van der Waals surface area contributed by atoms with Gasteiger partial charge < -0.3 is 20.9 Å². The molecule has 0 spiro atoms. The fraction of sp³-hybridized carbons (Fsp3) is 0.278. The number of carbonyl (C=O) groups excluding carboxylic acids is 1. The molecule has 9 heteroatoms. The molecule has 2 rings (SSSR count). The molecule has 0 aliphatic heterocycles. The quantitative estimate of drug-likeness (QED) is 0.224. The molecule has 0 radical (unpaired) electrons. The number of nitrogen functional groups attached to an aromatic ring is 2. The summed E-state index contributed by atoms with van der Waals surface area (Å²) < 4.78 is 11.3. The zero-order valence-electron chi connectivity index (χ0n) is 15.0. The predicted octanol–water partition coefficient (Wildman–Crippen LogP) is 1.57. The van der Waals surface area contributed by atoms with E-state index >= 15 is 0 Å². The van der Waals surface area contributed by atoms with Crippen LogP contribution >= 0.6 is 0 Å². The Morgan fingerprint density at radius 2 is 1.89 bits per heavy atom. The van der Waals surface area contributed by atoms with Crippen molar-refractivity contribution in [2.24, 2.45) is 0 Å². The van der Waals surface area contributed by atoms with Crippen LogP contribution in [0.2, 0.25) is 0 Å². The number of ether oxygens (including phenoxy) is 2. The molecule has 1 aromatic heterocycles. The Hall–Kier alpha value is -3.33. The highest BCUT2D eigenvalue weighted by atomic mass is 16.5. The number of aromatic nitrogens is 2. The summed E-state index contributed by atoms with van der Waals surface area (Å²) in [6.07, 6.45) is 4.09. The number of amides is 1. The van der Waals surface area contributed by atoms with Gasteiger partial charge >= 0.3 is 0 Å². The highest BCUT2D eigenvalue weighted by Crippen LogP contribution is 2.24. The minimum Gasteiger partial charge on any atom is -0.493 e. The Morgan fingerprint density at radius 1 is 1.19 bits per heavy atom. The second-order valence-corrected chi connectivity index (χ2v) is 5.53. The summed E-state index contributed by atoms with van der Waals surface area (Å²) >= 11 is 0. The van der Waals surface area contributed by atoms with E-state index in [9.17, 15) is 4.79 Å². The van der Waals surface area contributed by atoms with Gasteiger partial charge in [0.15, 0.2) is 11.6 Å². The summed E-state index contributed by atoms with van der Waals surface area (Å²) in [7, 11) is 0. The number of hydrogen-bond donors (Lipinski definition) is 4. The van der Waals surface area contributed by atoms with Gasteiger partial charge in [0.2, 0.25) is 5.95 Å². The molecule has 0 atom stereocenters. The average Bonchev–Trinajstić information content (AvgIpc) is 2.67. The fourth-order valence-electron chi connectivity index (χ4n) is 2.24. The van der Waals surface area contributed by atoms with Crippen molar-refractivity contribution in [2.45, 2.75) is 19.8 Å². The van der Waals surface area contributed by atoms with Crippen LogP contribution in [0.4, 0.5) is 11.8 Å². The minimum atomic E-state index is -0.589. The Labute approximate surface area is 157 Å². The van der Waals surface area contributed by atoms with Gasteiger partial charge in [0.1, 0.15) is 5.75 Å². The third-order valence-electron chi connectivity index (χ3n) is 3.54. The van der Waals surface area contributed by atoms with Crippen LogP contribution in [0, 0.1) is 0 Å². The zero-order chi connectivity index (χ0) is 19.6. The molecule has 0 fully saturated rings. The Balaban J connectivity index is 1.77. The largest absolute Gasteiger partial charge is 0.493 e. The predicted molar refractivity (Wildman–Crippen MR) is 101 cm³/mol. The van der Waals surface area contributed by atoms with Crippen molar-refractivity contribution in [3.63, 3.8) is 0 Å². The number of benzene rings is 1. The van der Waals surface area contributed by atoms with Gasteiger partial charge in [-0.25, -0.2) is 10.5 Å². The van der Waals surface area contributed by atoms with Crippen molar-refractivity contribution in [3.05, 3.63) is 41.6 Å². The number of nitrogens with one attached hydrogen (secondary N) is 1. The molecule has 0 aliphatic rings. The number of nitrogens with zero attached hydrogens (tertiary/aromatic N) is 2. The number of hydrogen-bond acceptors (Lipinski definition) is 8. The number of carbonyl (C=O) groups is 1. The Kier molecular flexibility index (Phi) is 7.38. The van der Waals surface area contributed by atoms with Gasteiger partial charge in [-0.15, -0.1) is 0 Å². The van der Waals surface area contributed by atoms with Gasteiger partial charge in [0.25, 0.3) is 5.91 Å². The van der Waals surface area contributed by atoms with E-state index in [1.165, 1.54) is 11.6 Å². The monoisotopic (exact) mass is 373 g/mol. The summed E-state index contributed by atoms with van der Waals surface area (Å²) in [4.78, 5) is 19.0. The standard InChI is InChI=1S/C18H23N5O4/c1-2-14-16(17(19)22-18(20)21-14)27-11-3-10-26-13-7-4-12(5-8-13)6-9-15(24)23-25/h4-9,25H,2-3,10-11H2,1H3,(H,23,24)(H4,19,20,21,22)/b9-6+. The fourth-order valence-corrected chi connectivity index (χ4v) is 2.24. The van der Waals surface area contributed by atoms with Crippen LogP contribution in [0.15, 0.2) is 30.3 Å². The van der Waals surface area contributed by atoms with E-state index in [0.717, 1.165) is 5.56 Å². The maximum Gasteiger partial charge on any atom is 0.267 e. The van der Waals surface area contributed by atoms with Gasteiger partial charge in [-0.05, 0) is 30.2 Å². The third kappa shape index (κ3) is 6.15. The molecule has 144 valence electrons. The van der Waals surface area contributed by atoms with Gasteiger partial charge in [0.05, 0.1) is 18.9 Å². The lowest BCUT2D eigenvalue weighted by atomic mass is 10.2. The van der Waals surface area contributed by atoms with Crippen LogP contribution < -0.4 is 26.4 Å². The number of anilines is 2. The summed E-state index contributed by atoms with van der Waals surface area (Å²) in [6, 6.07) is 7.18. The normalized spacial score (nSPS) is 10.7. The van der Waals surface area contributed by atoms with Crippen molar-refractivity contribution < 1.29 is 19.5 Å². The van der Waals surface area contributed by atoms with E-state index in [4.69, 9.17) is 26.1 Å². The zero-order valence-corrected chi connectivity index (χ0v) is 15.0. The summed E-state index contributed by atoms with van der Waals surface area (Å²) in [5.41, 5.74) is 14.4. The van der Waals surface area contributed by atoms with Crippen molar-refractivity contribution in [3.8, 4) is 11.5 Å². The molecule has 27 heavy (non-hydrogen) atoms. The second kappa shape index (κ2) is 9.97. The van der Waals surface area contributed by atoms with E-state index in [0.29, 0.717) is 43.2 Å². The average molecular weight is 373 g/mol. The molecule has 0 aliphatic carbocycles. The van der Waals surface area contributed by atoms with Crippen LogP contribution in [0.25, 0.3) is 6.08 Å². The molecule has 6 N–H and O–H groups in total. The van der Waals surface area contributed by atoms with Crippen LogP contribution in [0.3, 0.4) is 0 Å². The molecular formula is C18H23N5O4. The van der Waals surface area contributed by atoms with Crippen molar-refractivity contribution in [1.29, 1.82) is 0 Å². The molecule has 0 saturated carbocycles. The van der Waals surface area contributed by atoms with E-state index in [1.807, 2.05) is 6.92 Å². The SMILES string of the molecule is CCc1nc(N)nc(N)c1OCCCOc1ccc(/C=C/C(=O)NO)cc1. The number of aryl methyl sites for hydroxylation is 1. The first-order valence-electron chi connectivity index (χ1n) is 8.43. The third-order valence-corrected chi connectivity index (χ3v) is 3.54. The summed E-state index contributed by atoms with van der Waals surface area (Å²) in [6.45, 7) is 2.80. The van der Waals surface area contributed by atoms with Crippen molar-refractivity contribution in [2.75, 3.05) is 24.7 Å². The maximum atomic E-state index is 10.9. The molecule has 0 saturated heterocycles. The van der Waals surface area contributed by atoms with E-state index in [1.54, 1.807) is 30.3 Å². The van der Waals surface area contributed by atoms with Gasteiger partial charge in [-0.2, -0.15) is 4.98 Å². The van der Waals surface area contributed by atoms with E-state index in [2.05, 4.69) is 9.97 Å². The Bertz CT molecular complexity index is 793. The lowest BCUT2D eigenvalue weighted by Gasteiger charge is -2.12. The smallest absolute Gasteiger partial charge is 0.267 e. The summed E-state index contributed by atoms with van der Waals surface area (Å²) in [5, 5.41) is 8.43. The minimum absolute atomic E-state index is 0.135. The van der Waals surface area contributed by atoms with Crippen LogP contribution in [0.5, 0.6) is 11.5 Å². The van der Waals surface area contributed by atoms with Gasteiger partial charge in [-0.1, -0.05) is 19.1 Å². The van der Waals surface area contributed by atoms with Crippen molar-refractivity contribution >= 4 is 23.7 Å². The van der Waals surface area contributed by atoms with Gasteiger partial charge in [0, 0.05) is 12.5 Å². The van der Waals surface area contributed by atoms with Crippen LogP contribution in [-0.2, 0) is 11.2 Å². The molecule has 2 aromatic rings. The maximum absolute atomic E-state index is 10.9. The van der Waals surface area contributed by atoms with Crippen molar-refractivity contribution in [1.82, 2.24) is 15.4 Å². The molecular weight excluding hydrogens is 350 g/mol. The van der Waals surface area contributed by atoms with Gasteiger partial charge in [-0.3, -0.25) is 10.0 Å². The number of hydroxylamine groups is 1. The molecule has 0 unspecified atom stereocenters. The number of nitrogens with two attached hydrogens (primary N) is 2. The van der Waals surface area contributed by atoms with E-state index in [-0.39, 0.29) is 11.8 Å². The van der Waals surface area contributed by atoms with E-state index < -0.39 is 5.91 Å². The first-order valence-corrected chi connectivity index (χ1v) is 8.43. The molecule has 1 heterocycles. The number of rotatable bonds is 9. The molecule has 0 bridgehead atoms. The lowest BCUT2D eigenvalue weighted by Crippen LogP contribution is -2.14. The van der Waals surface area contributed by atoms with Crippen LogP contribution in [0.1, 0.15) is 24.6 Å². The van der Waals surface area contributed by atoms with Crippen LogP contribution in [-0.4, -0.2) is 34.3 Å². The molecule has 1 amide bonds. The first-order chi connectivity index (χ1) is 13.0. The highest BCUT2D eigenvalue weighted by molar-refractivity contribution is 5.90. The lowest BCUT2D eigenvalue weighted by molar-refractivity contribution is -0.124. The first kappa shape index (κ1) is 20.0. The highest BCUT2D eigenvalue weighted by Gasteiger charge is 2.11. The summed E-state index contributed by atoms with van der Waals surface area (Å²) in [5.74, 6) is 0.945. The second-order valence-electron chi connectivity index (χ2n) is 5.53. The topological polar surface area (TPSA) is 146 Å².